The molecule has 0 radical (unpaired) electrons. The van der Waals surface area contributed by atoms with E-state index in [2.05, 4.69) is 5.32 Å². The third kappa shape index (κ3) is 2.46. The first-order chi connectivity index (χ1) is 8.40. The molecule has 0 bridgehead atoms. The molecule has 5 heteroatoms. The molecule has 0 spiro atoms. The van der Waals surface area contributed by atoms with Crippen LogP contribution < -0.4 is 20.5 Å². The summed E-state index contributed by atoms with van der Waals surface area (Å²) in [6.07, 6.45) is -0.509. The number of hydrogen-bond acceptors (Lipinski definition) is 5. The van der Waals surface area contributed by atoms with Gasteiger partial charge in [-0.05, 0) is 20.8 Å². The van der Waals surface area contributed by atoms with Crippen LogP contribution in [0.3, 0.4) is 0 Å². The summed E-state index contributed by atoms with van der Waals surface area (Å²) in [5.41, 5.74) is 6.82. The summed E-state index contributed by atoms with van der Waals surface area (Å²) in [6, 6.07) is 3.56. The Bertz CT molecular complexity index is 444. The predicted octanol–water partition coefficient (Wildman–Crippen LogP) is 1.61. The van der Waals surface area contributed by atoms with Crippen molar-refractivity contribution in [3.8, 4) is 11.5 Å². The Balaban J connectivity index is 2.28. The number of fused-ring (bicyclic) bond motifs is 1. The van der Waals surface area contributed by atoms with Crippen LogP contribution in [0.2, 0.25) is 0 Å². The number of aliphatic hydroxyl groups excluding tert-OH is 1. The van der Waals surface area contributed by atoms with Crippen molar-refractivity contribution in [2.45, 2.75) is 32.4 Å². The van der Waals surface area contributed by atoms with E-state index in [0.29, 0.717) is 30.4 Å². The second-order valence-corrected chi connectivity index (χ2v) is 5.11. The van der Waals surface area contributed by atoms with Gasteiger partial charge in [0.15, 0.2) is 11.5 Å². The molecule has 1 aliphatic rings. The van der Waals surface area contributed by atoms with E-state index in [0.717, 1.165) is 5.69 Å². The van der Waals surface area contributed by atoms with Crippen LogP contribution in [0.25, 0.3) is 0 Å². The number of anilines is 2. The van der Waals surface area contributed by atoms with Crippen LogP contribution >= 0.6 is 0 Å². The van der Waals surface area contributed by atoms with E-state index in [1.807, 2.05) is 19.9 Å². The number of nitrogens with two attached hydrogens (primary N) is 1. The maximum Gasteiger partial charge on any atom is 0.163 e. The average molecular weight is 252 g/mol. The fraction of sp³-hybridized carbons (Fsp3) is 0.538. The molecular formula is C13H20N2O3. The van der Waals surface area contributed by atoms with Gasteiger partial charge >= 0.3 is 0 Å². The van der Waals surface area contributed by atoms with E-state index >= 15 is 0 Å². The number of rotatable bonds is 3. The van der Waals surface area contributed by atoms with E-state index < -0.39 is 11.6 Å². The van der Waals surface area contributed by atoms with Gasteiger partial charge in [0.2, 0.25) is 0 Å². The third-order valence-corrected chi connectivity index (χ3v) is 3.22. The van der Waals surface area contributed by atoms with Crippen LogP contribution in [0.15, 0.2) is 12.1 Å². The molecule has 1 atom stereocenters. The molecule has 0 fully saturated rings. The summed E-state index contributed by atoms with van der Waals surface area (Å²) in [5.74, 6) is 1.35. The molecule has 0 amide bonds. The normalized spacial score (nSPS) is 16.2. The lowest BCUT2D eigenvalue weighted by molar-refractivity contribution is 0.133. The van der Waals surface area contributed by atoms with Crippen molar-refractivity contribution < 1.29 is 14.6 Å². The highest BCUT2D eigenvalue weighted by atomic mass is 16.6. The maximum absolute atomic E-state index is 9.71. The Labute approximate surface area is 107 Å². The lowest BCUT2D eigenvalue weighted by Crippen LogP contribution is -2.42. The zero-order chi connectivity index (χ0) is 13.3. The molecule has 0 saturated heterocycles. The Morgan fingerprint density at radius 3 is 2.39 bits per heavy atom. The van der Waals surface area contributed by atoms with E-state index in [-0.39, 0.29) is 0 Å². The third-order valence-electron chi connectivity index (χ3n) is 3.22. The van der Waals surface area contributed by atoms with Gasteiger partial charge in [-0.1, -0.05) is 0 Å². The van der Waals surface area contributed by atoms with Gasteiger partial charge in [-0.25, -0.2) is 0 Å². The molecule has 1 aromatic carbocycles. The van der Waals surface area contributed by atoms with Crippen molar-refractivity contribution in [1.82, 2.24) is 0 Å². The van der Waals surface area contributed by atoms with Gasteiger partial charge in [-0.2, -0.15) is 0 Å². The molecule has 18 heavy (non-hydrogen) atoms. The zero-order valence-corrected chi connectivity index (χ0v) is 11.0. The monoisotopic (exact) mass is 252 g/mol. The molecule has 0 aromatic heterocycles. The zero-order valence-electron chi connectivity index (χ0n) is 11.0. The van der Waals surface area contributed by atoms with Gasteiger partial charge in [-0.3, -0.25) is 0 Å². The standard InChI is InChI=1S/C13H20N2O3/c1-8(16)13(2,3)15-10-7-12-11(6-9(10)14)17-4-5-18-12/h6-8,15-16H,4-5,14H2,1-3H3. The smallest absolute Gasteiger partial charge is 0.163 e. The first-order valence-electron chi connectivity index (χ1n) is 6.05. The molecule has 4 N–H and O–H groups in total. The summed E-state index contributed by atoms with van der Waals surface area (Å²) in [5, 5.41) is 12.9. The van der Waals surface area contributed by atoms with Gasteiger partial charge in [0, 0.05) is 12.1 Å². The number of aliphatic hydroxyl groups is 1. The second kappa shape index (κ2) is 4.57. The highest BCUT2D eigenvalue weighted by Crippen LogP contribution is 2.38. The maximum atomic E-state index is 9.71. The van der Waals surface area contributed by atoms with Crippen molar-refractivity contribution in [1.29, 1.82) is 0 Å². The van der Waals surface area contributed by atoms with Crippen molar-refractivity contribution in [3.63, 3.8) is 0 Å². The fourth-order valence-electron chi connectivity index (χ4n) is 1.66. The minimum atomic E-state index is -0.509. The van der Waals surface area contributed by atoms with Gasteiger partial charge in [0.05, 0.1) is 23.0 Å². The lowest BCUT2D eigenvalue weighted by Gasteiger charge is -2.31. The molecule has 1 aromatic rings. The van der Waals surface area contributed by atoms with Gasteiger partial charge in [0.1, 0.15) is 13.2 Å². The number of nitrogens with one attached hydrogen (secondary N) is 1. The van der Waals surface area contributed by atoms with Crippen molar-refractivity contribution in [2.75, 3.05) is 24.3 Å². The minimum absolute atomic E-state index is 0.474. The fourth-order valence-corrected chi connectivity index (χ4v) is 1.66. The SMILES string of the molecule is CC(O)C(C)(C)Nc1cc2c(cc1N)OCCO2. The van der Waals surface area contributed by atoms with Crippen LogP contribution in [0, 0.1) is 0 Å². The number of ether oxygens (including phenoxy) is 2. The van der Waals surface area contributed by atoms with E-state index in [9.17, 15) is 5.11 Å². The average Bonchev–Trinajstić information content (AvgIpc) is 2.29. The molecular weight excluding hydrogens is 232 g/mol. The van der Waals surface area contributed by atoms with E-state index in [4.69, 9.17) is 15.2 Å². The molecule has 100 valence electrons. The summed E-state index contributed by atoms with van der Waals surface area (Å²) in [6.45, 7) is 6.64. The topological polar surface area (TPSA) is 76.7 Å². The first kappa shape index (κ1) is 12.8. The van der Waals surface area contributed by atoms with Crippen LogP contribution in [0.5, 0.6) is 11.5 Å². The van der Waals surface area contributed by atoms with Gasteiger partial charge in [-0.15, -0.1) is 0 Å². The quantitative estimate of drug-likeness (QED) is 0.712. The molecule has 0 aliphatic carbocycles. The predicted molar refractivity (Wildman–Crippen MR) is 71.2 cm³/mol. The molecule has 1 unspecified atom stereocenters. The second-order valence-electron chi connectivity index (χ2n) is 5.11. The number of nitrogen functional groups attached to an aromatic ring is 1. The summed E-state index contributed by atoms with van der Waals surface area (Å²) >= 11 is 0. The molecule has 5 nitrogen and oxygen atoms in total. The summed E-state index contributed by atoms with van der Waals surface area (Å²) < 4.78 is 11.0. The Hall–Kier alpha value is -1.62. The summed E-state index contributed by atoms with van der Waals surface area (Å²) in [4.78, 5) is 0. The molecule has 1 aliphatic heterocycles. The Morgan fingerprint density at radius 1 is 1.28 bits per heavy atom. The van der Waals surface area contributed by atoms with E-state index in [1.54, 1.807) is 13.0 Å². The Morgan fingerprint density at radius 2 is 1.83 bits per heavy atom. The molecule has 2 rings (SSSR count). The van der Waals surface area contributed by atoms with Crippen LogP contribution in [0.4, 0.5) is 11.4 Å². The van der Waals surface area contributed by atoms with E-state index in [1.165, 1.54) is 0 Å². The van der Waals surface area contributed by atoms with Crippen LogP contribution in [-0.4, -0.2) is 30.0 Å². The van der Waals surface area contributed by atoms with Crippen molar-refractivity contribution in [2.24, 2.45) is 0 Å². The first-order valence-corrected chi connectivity index (χ1v) is 6.05. The minimum Gasteiger partial charge on any atom is -0.486 e. The summed E-state index contributed by atoms with van der Waals surface area (Å²) in [7, 11) is 0. The number of hydrogen-bond donors (Lipinski definition) is 3. The highest BCUT2D eigenvalue weighted by molar-refractivity contribution is 5.72. The van der Waals surface area contributed by atoms with Crippen LogP contribution in [0.1, 0.15) is 20.8 Å². The van der Waals surface area contributed by atoms with Crippen molar-refractivity contribution >= 4 is 11.4 Å². The highest BCUT2D eigenvalue weighted by Gasteiger charge is 2.25. The lowest BCUT2D eigenvalue weighted by atomic mass is 9.98. The van der Waals surface area contributed by atoms with Gasteiger partial charge in [0.25, 0.3) is 0 Å². The molecule has 0 saturated carbocycles. The Kier molecular flexibility index (Phi) is 3.26. The van der Waals surface area contributed by atoms with Crippen LogP contribution in [-0.2, 0) is 0 Å². The van der Waals surface area contributed by atoms with Crippen molar-refractivity contribution in [3.05, 3.63) is 12.1 Å². The van der Waals surface area contributed by atoms with Gasteiger partial charge < -0.3 is 25.6 Å². The largest absolute Gasteiger partial charge is 0.486 e. The molecule has 1 heterocycles. The number of benzene rings is 1.